The number of anilines is 2. The molecule has 0 aliphatic carbocycles. The number of nitrogens with zero attached hydrogens (tertiary/aromatic N) is 2. The number of carbonyl (C=O) groups is 2. The van der Waals surface area contributed by atoms with Gasteiger partial charge in [0.2, 0.25) is 0 Å². The molecule has 0 aliphatic heterocycles. The van der Waals surface area contributed by atoms with Crippen molar-refractivity contribution >= 4 is 34.8 Å². The Kier molecular flexibility index (Phi) is 7.74. The van der Waals surface area contributed by atoms with E-state index in [0.717, 1.165) is 17.9 Å². The van der Waals surface area contributed by atoms with Crippen LogP contribution in [0.5, 0.6) is 0 Å². The molecule has 3 aromatic rings. The first-order valence-electron chi connectivity index (χ1n) is 10.4. The number of aromatic nitrogens is 1. The maximum atomic E-state index is 15.2. The number of aryl methyl sites for hydroxylation is 1. The van der Waals surface area contributed by atoms with Crippen LogP contribution in [0, 0.1) is 12.7 Å². The van der Waals surface area contributed by atoms with Crippen molar-refractivity contribution in [3.63, 3.8) is 0 Å². The molecular weight excluding hydrogens is 550 g/mol. The highest BCUT2D eigenvalue weighted by atomic mass is 35.5. The van der Waals surface area contributed by atoms with Gasteiger partial charge in [-0.15, -0.1) is 0 Å². The minimum absolute atomic E-state index is 0.0824. The van der Waals surface area contributed by atoms with E-state index in [0.29, 0.717) is 0 Å². The zero-order valence-electron chi connectivity index (χ0n) is 19.3. The first-order valence-corrected chi connectivity index (χ1v) is 10.8. The van der Waals surface area contributed by atoms with Gasteiger partial charge in [0.05, 0.1) is 22.0 Å². The maximum Gasteiger partial charge on any atom is 0.435 e. The Bertz CT molecular complexity index is 1340. The molecular formula is C24H16ClF8N3O2. The lowest BCUT2D eigenvalue weighted by molar-refractivity contribution is -0.348. The predicted octanol–water partition coefficient (Wildman–Crippen LogP) is 7.00. The van der Waals surface area contributed by atoms with Crippen LogP contribution in [0.4, 0.5) is 46.5 Å². The summed E-state index contributed by atoms with van der Waals surface area (Å²) >= 11 is 5.84. The van der Waals surface area contributed by atoms with Gasteiger partial charge < -0.3 is 10.2 Å². The normalized spacial score (nSPS) is 12.3. The third-order valence-electron chi connectivity index (χ3n) is 5.52. The van der Waals surface area contributed by atoms with Gasteiger partial charge in [-0.2, -0.15) is 26.3 Å². The maximum absolute atomic E-state index is 15.2. The number of carbonyl (C=O) groups excluding carboxylic acids is 2. The van der Waals surface area contributed by atoms with Crippen LogP contribution in [0.1, 0.15) is 31.8 Å². The number of pyridine rings is 1. The van der Waals surface area contributed by atoms with Crippen molar-refractivity contribution in [3.8, 4) is 0 Å². The third-order valence-corrected chi connectivity index (χ3v) is 5.82. The Labute approximate surface area is 215 Å². The monoisotopic (exact) mass is 565 g/mol. The highest BCUT2D eigenvalue weighted by Gasteiger charge is 2.73. The van der Waals surface area contributed by atoms with Crippen LogP contribution in [0.2, 0.25) is 5.02 Å². The lowest BCUT2D eigenvalue weighted by Crippen LogP contribution is -2.50. The number of hydrogen-bond donors (Lipinski definition) is 1. The molecule has 0 unspecified atom stereocenters. The van der Waals surface area contributed by atoms with Gasteiger partial charge in [-0.25, -0.2) is 8.78 Å². The molecule has 0 aliphatic rings. The molecule has 0 atom stereocenters. The lowest BCUT2D eigenvalue weighted by atomic mass is 9.92. The van der Waals surface area contributed by atoms with E-state index in [1.165, 1.54) is 43.7 Å². The molecule has 14 heteroatoms. The minimum atomic E-state index is -6.37. The van der Waals surface area contributed by atoms with Crippen LogP contribution >= 0.6 is 11.6 Å². The van der Waals surface area contributed by atoms with Crippen molar-refractivity contribution in [3.05, 3.63) is 88.0 Å². The summed E-state index contributed by atoms with van der Waals surface area (Å²) in [6, 6.07) is 6.54. The predicted molar refractivity (Wildman–Crippen MR) is 122 cm³/mol. The van der Waals surface area contributed by atoms with E-state index in [-0.39, 0.29) is 23.4 Å². The second kappa shape index (κ2) is 10.2. The number of benzene rings is 2. The molecule has 38 heavy (non-hydrogen) atoms. The number of nitrogens with one attached hydrogen (secondary N) is 1. The van der Waals surface area contributed by atoms with Gasteiger partial charge in [0.25, 0.3) is 11.8 Å². The SMILES string of the molecule is Cc1cc(C(F)(C(F)(F)F)C(F)(F)F)cc(Cl)c1NC(=O)c1cccc(N(C)C(=O)c2ccncc2)c1F. The summed E-state index contributed by atoms with van der Waals surface area (Å²) in [6.07, 6.45) is -10.0. The highest BCUT2D eigenvalue weighted by molar-refractivity contribution is 6.34. The average Bonchev–Trinajstić information content (AvgIpc) is 2.83. The number of halogens is 9. The third kappa shape index (κ3) is 5.15. The quantitative estimate of drug-likeness (QED) is 0.339. The molecule has 1 aromatic heterocycles. The van der Waals surface area contributed by atoms with Crippen LogP contribution in [-0.2, 0) is 5.67 Å². The minimum Gasteiger partial charge on any atom is -0.320 e. The van der Waals surface area contributed by atoms with Gasteiger partial charge in [-0.05, 0) is 42.8 Å². The molecule has 2 amide bonds. The van der Waals surface area contributed by atoms with Crippen LogP contribution in [0.15, 0.2) is 54.9 Å². The van der Waals surface area contributed by atoms with Crippen molar-refractivity contribution in [2.75, 3.05) is 17.3 Å². The van der Waals surface area contributed by atoms with Crippen molar-refractivity contribution in [1.29, 1.82) is 0 Å². The Morgan fingerprint density at radius 3 is 2.05 bits per heavy atom. The van der Waals surface area contributed by atoms with Crippen LogP contribution in [0.3, 0.4) is 0 Å². The average molecular weight is 566 g/mol. The summed E-state index contributed by atoms with van der Waals surface area (Å²) in [5.41, 5.74) is -9.28. The fraction of sp³-hybridized carbons (Fsp3) is 0.208. The number of hydrogen-bond acceptors (Lipinski definition) is 3. The van der Waals surface area contributed by atoms with Gasteiger partial charge in [-0.3, -0.25) is 14.6 Å². The molecule has 1 N–H and O–H groups in total. The first-order chi connectivity index (χ1) is 17.5. The standard InChI is InChI=1S/C24H16ClF8N3O2/c1-12-10-14(22(27,23(28,29)30)24(31,32)33)11-16(25)19(12)35-20(37)15-4-3-5-17(18(15)26)36(2)21(38)13-6-8-34-9-7-13/h3-11H,1-2H3,(H,35,37). The van der Waals surface area contributed by atoms with Gasteiger partial charge >= 0.3 is 18.0 Å². The Balaban J connectivity index is 1.96. The van der Waals surface area contributed by atoms with E-state index in [9.17, 15) is 40.3 Å². The summed E-state index contributed by atoms with van der Waals surface area (Å²) in [6.45, 7) is 0.978. The first kappa shape index (κ1) is 28.8. The summed E-state index contributed by atoms with van der Waals surface area (Å²) in [5, 5.41) is 1.26. The van der Waals surface area contributed by atoms with Gasteiger partial charge in [0.1, 0.15) is 0 Å². The molecule has 3 rings (SSSR count). The zero-order chi connectivity index (χ0) is 28.6. The van der Waals surface area contributed by atoms with Crippen molar-refractivity contribution in [1.82, 2.24) is 4.98 Å². The second-order valence-electron chi connectivity index (χ2n) is 8.00. The van der Waals surface area contributed by atoms with Gasteiger partial charge in [-0.1, -0.05) is 23.7 Å². The van der Waals surface area contributed by atoms with Crippen molar-refractivity contribution in [2.24, 2.45) is 0 Å². The van der Waals surface area contributed by atoms with E-state index in [1.54, 1.807) is 0 Å². The molecule has 1 heterocycles. The molecule has 2 aromatic carbocycles. The Hall–Kier alpha value is -3.74. The van der Waals surface area contributed by atoms with E-state index in [1.807, 2.05) is 0 Å². The Morgan fingerprint density at radius 2 is 1.53 bits per heavy atom. The number of alkyl halides is 7. The molecule has 5 nitrogen and oxygen atoms in total. The zero-order valence-corrected chi connectivity index (χ0v) is 20.1. The van der Waals surface area contributed by atoms with Crippen LogP contribution in [0.25, 0.3) is 0 Å². The molecule has 0 saturated carbocycles. The van der Waals surface area contributed by atoms with Crippen molar-refractivity contribution in [2.45, 2.75) is 24.9 Å². The number of amides is 2. The molecule has 0 spiro atoms. The van der Waals surface area contributed by atoms with E-state index >= 15 is 4.39 Å². The molecule has 202 valence electrons. The molecule has 0 radical (unpaired) electrons. The smallest absolute Gasteiger partial charge is 0.320 e. The lowest BCUT2D eigenvalue weighted by Gasteiger charge is -2.31. The van der Waals surface area contributed by atoms with E-state index in [4.69, 9.17) is 11.6 Å². The van der Waals surface area contributed by atoms with Crippen LogP contribution in [-0.4, -0.2) is 36.2 Å². The fourth-order valence-electron chi connectivity index (χ4n) is 3.52. The topological polar surface area (TPSA) is 62.3 Å². The summed E-state index contributed by atoms with van der Waals surface area (Å²) in [5.74, 6) is -2.98. The summed E-state index contributed by atoms with van der Waals surface area (Å²) < 4.78 is 108. The highest BCUT2D eigenvalue weighted by Crippen LogP contribution is 2.54. The number of rotatable bonds is 5. The van der Waals surface area contributed by atoms with Gasteiger partial charge in [0, 0.05) is 30.6 Å². The largest absolute Gasteiger partial charge is 0.435 e. The summed E-state index contributed by atoms with van der Waals surface area (Å²) in [4.78, 5) is 30.1. The van der Waals surface area contributed by atoms with Crippen molar-refractivity contribution < 1.29 is 44.7 Å². The summed E-state index contributed by atoms with van der Waals surface area (Å²) in [7, 11) is 1.24. The van der Waals surface area contributed by atoms with E-state index in [2.05, 4.69) is 10.3 Å². The molecule has 0 bridgehead atoms. The fourth-order valence-corrected chi connectivity index (χ4v) is 3.84. The molecule has 0 fully saturated rings. The van der Waals surface area contributed by atoms with E-state index < -0.39 is 63.1 Å². The Morgan fingerprint density at radius 1 is 0.947 bits per heavy atom. The second-order valence-corrected chi connectivity index (χ2v) is 8.40. The van der Waals surface area contributed by atoms with Crippen LogP contribution < -0.4 is 10.2 Å². The van der Waals surface area contributed by atoms with Gasteiger partial charge in [0.15, 0.2) is 5.82 Å². The molecule has 0 saturated heterocycles.